The monoisotopic (exact) mass is 282 g/mol. The SMILES string of the molecule is Cc1cc(F)cc(F)c1-c1c(F)ccc(C(C)C)c1F. The summed E-state index contributed by atoms with van der Waals surface area (Å²) in [6.07, 6.45) is 0. The summed E-state index contributed by atoms with van der Waals surface area (Å²) in [5, 5.41) is 0. The Kier molecular flexibility index (Phi) is 3.84. The van der Waals surface area contributed by atoms with Gasteiger partial charge >= 0.3 is 0 Å². The minimum absolute atomic E-state index is 0.154. The van der Waals surface area contributed by atoms with Gasteiger partial charge in [0.2, 0.25) is 0 Å². The Morgan fingerprint density at radius 2 is 1.50 bits per heavy atom. The Hall–Kier alpha value is -1.84. The van der Waals surface area contributed by atoms with Crippen LogP contribution in [0.25, 0.3) is 11.1 Å². The van der Waals surface area contributed by atoms with E-state index in [1.54, 1.807) is 13.8 Å². The van der Waals surface area contributed by atoms with Crippen molar-refractivity contribution in [1.29, 1.82) is 0 Å². The number of rotatable bonds is 2. The van der Waals surface area contributed by atoms with E-state index >= 15 is 0 Å². The molecule has 0 aliphatic carbocycles. The summed E-state index contributed by atoms with van der Waals surface area (Å²) in [6.45, 7) is 4.93. The molecule has 0 N–H and O–H groups in total. The minimum atomic E-state index is -0.971. The van der Waals surface area contributed by atoms with Gasteiger partial charge in [0.15, 0.2) is 0 Å². The van der Waals surface area contributed by atoms with E-state index in [-0.39, 0.29) is 17.0 Å². The van der Waals surface area contributed by atoms with Gasteiger partial charge in [-0.05, 0) is 36.1 Å². The van der Waals surface area contributed by atoms with Gasteiger partial charge in [-0.2, -0.15) is 0 Å². The minimum Gasteiger partial charge on any atom is -0.207 e. The molecule has 0 atom stereocenters. The Balaban J connectivity index is 2.79. The Labute approximate surface area is 115 Å². The van der Waals surface area contributed by atoms with Crippen LogP contribution in [0.4, 0.5) is 17.6 Å². The second-order valence-corrected chi connectivity index (χ2v) is 5.06. The summed E-state index contributed by atoms with van der Waals surface area (Å²) in [5.41, 5.74) is -0.221. The molecule has 2 rings (SSSR count). The number of hydrogen-bond acceptors (Lipinski definition) is 0. The smallest absolute Gasteiger partial charge is 0.137 e. The van der Waals surface area contributed by atoms with E-state index in [4.69, 9.17) is 0 Å². The summed E-state index contributed by atoms with van der Waals surface area (Å²) < 4.78 is 55.4. The molecule has 0 aromatic heterocycles. The molecule has 0 heterocycles. The summed E-state index contributed by atoms with van der Waals surface area (Å²) in [5.74, 6) is -3.57. The molecule has 0 amide bonds. The van der Waals surface area contributed by atoms with Crippen LogP contribution in [0.2, 0.25) is 0 Å². The standard InChI is InChI=1S/C16H14F4/c1-8(2)11-4-5-12(18)15(16(11)20)14-9(3)6-10(17)7-13(14)19/h4-8H,1-3H3. The van der Waals surface area contributed by atoms with E-state index in [0.29, 0.717) is 11.6 Å². The molecule has 0 fully saturated rings. The summed E-state index contributed by atoms with van der Waals surface area (Å²) in [6, 6.07) is 4.13. The zero-order valence-electron chi connectivity index (χ0n) is 11.4. The van der Waals surface area contributed by atoms with E-state index < -0.39 is 28.8 Å². The second-order valence-electron chi connectivity index (χ2n) is 5.06. The van der Waals surface area contributed by atoms with Crippen LogP contribution in [0.3, 0.4) is 0 Å². The molecule has 0 radical (unpaired) electrons. The van der Waals surface area contributed by atoms with Crippen molar-refractivity contribution < 1.29 is 17.6 Å². The molecule has 20 heavy (non-hydrogen) atoms. The molecular weight excluding hydrogens is 268 g/mol. The molecule has 106 valence electrons. The van der Waals surface area contributed by atoms with Crippen molar-refractivity contribution in [2.24, 2.45) is 0 Å². The molecule has 0 aliphatic rings. The molecule has 0 aliphatic heterocycles. The Morgan fingerprint density at radius 3 is 2.05 bits per heavy atom. The van der Waals surface area contributed by atoms with Crippen LogP contribution in [0.15, 0.2) is 24.3 Å². The van der Waals surface area contributed by atoms with Crippen LogP contribution >= 0.6 is 0 Å². The molecule has 0 unspecified atom stereocenters. The highest BCUT2D eigenvalue weighted by Gasteiger charge is 2.22. The average molecular weight is 282 g/mol. The van der Waals surface area contributed by atoms with Crippen molar-refractivity contribution in [3.05, 3.63) is 58.7 Å². The number of hydrogen-bond donors (Lipinski definition) is 0. The Morgan fingerprint density at radius 1 is 0.850 bits per heavy atom. The molecular formula is C16H14F4. The van der Waals surface area contributed by atoms with Crippen LogP contribution in [-0.4, -0.2) is 0 Å². The van der Waals surface area contributed by atoms with E-state index in [0.717, 1.165) is 12.1 Å². The van der Waals surface area contributed by atoms with Gasteiger partial charge in [-0.15, -0.1) is 0 Å². The molecule has 2 aromatic carbocycles. The lowest BCUT2D eigenvalue weighted by Gasteiger charge is -2.14. The maximum atomic E-state index is 14.4. The van der Waals surface area contributed by atoms with Gasteiger partial charge in [-0.1, -0.05) is 19.9 Å². The van der Waals surface area contributed by atoms with Gasteiger partial charge in [0, 0.05) is 11.6 Å². The van der Waals surface area contributed by atoms with Crippen LogP contribution in [0.1, 0.15) is 30.9 Å². The quantitative estimate of drug-likeness (QED) is 0.652. The molecule has 0 saturated heterocycles. The van der Waals surface area contributed by atoms with Crippen molar-refractivity contribution in [3.63, 3.8) is 0 Å². The second kappa shape index (κ2) is 5.27. The van der Waals surface area contributed by atoms with Gasteiger partial charge in [0.25, 0.3) is 0 Å². The molecule has 0 saturated carbocycles. The van der Waals surface area contributed by atoms with Crippen molar-refractivity contribution in [2.45, 2.75) is 26.7 Å². The normalized spacial score (nSPS) is 11.2. The third-order valence-corrected chi connectivity index (χ3v) is 3.25. The average Bonchev–Trinajstić information content (AvgIpc) is 2.31. The van der Waals surface area contributed by atoms with E-state index in [1.807, 2.05) is 0 Å². The lowest BCUT2D eigenvalue weighted by Crippen LogP contribution is -2.02. The van der Waals surface area contributed by atoms with Crippen LogP contribution in [0, 0.1) is 30.2 Å². The largest absolute Gasteiger partial charge is 0.207 e. The van der Waals surface area contributed by atoms with Gasteiger partial charge in [-0.3, -0.25) is 0 Å². The fraction of sp³-hybridized carbons (Fsp3) is 0.250. The molecule has 4 heteroatoms. The maximum Gasteiger partial charge on any atom is 0.137 e. The number of benzene rings is 2. The maximum absolute atomic E-state index is 14.4. The van der Waals surface area contributed by atoms with E-state index in [9.17, 15) is 17.6 Å². The first-order valence-electron chi connectivity index (χ1n) is 6.26. The van der Waals surface area contributed by atoms with Gasteiger partial charge in [0.1, 0.15) is 23.3 Å². The highest BCUT2D eigenvalue weighted by molar-refractivity contribution is 5.70. The van der Waals surface area contributed by atoms with Crippen LogP contribution in [-0.2, 0) is 0 Å². The number of halogens is 4. The summed E-state index contributed by atoms with van der Waals surface area (Å²) in [7, 11) is 0. The molecule has 0 bridgehead atoms. The predicted octanol–water partition coefficient (Wildman–Crippen LogP) is 5.34. The number of aryl methyl sites for hydroxylation is 1. The first-order valence-corrected chi connectivity index (χ1v) is 6.26. The van der Waals surface area contributed by atoms with Crippen molar-refractivity contribution in [1.82, 2.24) is 0 Å². The summed E-state index contributed by atoms with van der Waals surface area (Å²) in [4.78, 5) is 0. The highest BCUT2D eigenvalue weighted by atomic mass is 19.1. The van der Waals surface area contributed by atoms with E-state index in [2.05, 4.69) is 0 Å². The summed E-state index contributed by atoms with van der Waals surface area (Å²) >= 11 is 0. The Bertz CT molecular complexity index is 637. The van der Waals surface area contributed by atoms with Crippen molar-refractivity contribution in [2.75, 3.05) is 0 Å². The van der Waals surface area contributed by atoms with Gasteiger partial charge in [0.05, 0.1) is 5.56 Å². The third-order valence-electron chi connectivity index (χ3n) is 3.25. The van der Waals surface area contributed by atoms with Gasteiger partial charge < -0.3 is 0 Å². The lowest BCUT2D eigenvalue weighted by atomic mass is 9.93. The van der Waals surface area contributed by atoms with Gasteiger partial charge in [-0.25, -0.2) is 17.6 Å². The van der Waals surface area contributed by atoms with E-state index in [1.165, 1.54) is 13.0 Å². The topological polar surface area (TPSA) is 0 Å². The van der Waals surface area contributed by atoms with Crippen LogP contribution < -0.4 is 0 Å². The lowest BCUT2D eigenvalue weighted by molar-refractivity contribution is 0.559. The first kappa shape index (κ1) is 14.6. The molecule has 0 nitrogen and oxygen atoms in total. The third kappa shape index (κ3) is 2.42. The molecule has 2 aromatic rings. The highest BCUT2D eigenvalue weighted by Crippen LogP contribution is 2.35. The zero-order valence-corrected chi connectivity index (χ0v) is 11.4. The molecule has 0 spiro atoms. The fourth-order valence-electron chi connectivity index (χ4n) is 2.26. The van der Waals surface area contributed by atoms with Crippen molar-refractivity contribution >= 4 is 0 Å². The first-order chi connectivity index (χ1) is 9.32. The fourth-order valence-corrected chi connectivity index (χ4v) is 2.26. The predicted molar refractivity (Wildman–Crippen MR) is 70.5 cm³/mol. The van der Waals surface area contributed by atoms with Crippen LogP contribution in [0.5, 0.6) is 0 Å². The zero-order chi connectivity index (χ0) is 15.0. The van der Waals surface area contributed by atoms with Crippen molar-refractivity contribution in [3.8, 4) is 11.1 Å².